The van der Waals surface area contributed by atoms with Crippen molar-refractivity contribution >= 4 is 17.4 Å². The zero-order valence-corrected chi connectivity index (χ0v) is 13.5. The number of rotatable bonds is 6. The molecule has 1 fully saturated rings. The van der Waals surface area contributed by atoms with Gasteiger partial charge in [0.1, 0.15) is 16.8 Å². The summed E-state index contributed by atoms with van der Waals surface area (Å²) in [4.78, 5) is 13.8. The number of aromatic nitrogens is 2. The molecule has 0 spiro atoms. The van der Waals surface area contributed by atoms with Crippen molar-refractivity contribution in [2.45, 2.75) is 46.1 Å². The Balaban J connectivity index is 2.09. The summed E-state index contributed by atoms with van der Waals surface area (Å²) in [6.45, 7) is 10.9. The molecule has 4 nitrogen and oxygen atoms in total. The van der Waals surface area contributed by atoms with Crippen molar-refractivity contribution in [3.8, 4) is 0 Å². The Bertz CT molecular complexity index is 434. The molecular formula is C15H25ClN4. The van der Waals surface area contributed by atoms with E-state index in [0.717, 1.165) is 50.7 Å². The number of hydrogen-bond donors (Lipinski definition) is 0. The molecule has 1 saturated heterocycles. The third kappa shape index (κ3) is 3.61. The lowest BCUT2D eigenvalue weighted by atomic mass is 10.2. The van der Waals surface area contributed by atoms with Gasteiger partial charge in [0, 0.05) is 31.6 Å². The molecule has 20 heavy (non-hydrogen) atoms. The molecule has 1 aromatic rings. The van der Waals surface area contributed by atoms with Crippen LogP contribution in [-0.4, -0.2) is 47.1 Å². The minimum atomic E-state index is 0.560. The molecule has 0 bridgehead atoms. The number of anilines is 1. The van der Waals surface area contributed by atoms with Crippen LogP contribution in [0.5, 0.6) is 0 Å². The van der Waals surface area contributed by atoms with Gasteiger partial charge in [-0.2, -0.15) is 0 Å². The van der Waals surface area contributed by atoms with E-state index in [4.69, 9.17) is 11.6 Å². The number of aryl methyl sites for hydroxylation is 1. The van der Waals surface area contributed by atoms with E-state index in [-0.39, 0.29) is 0 Å². The average Bonchev–Trinajstić information content (AvgIpc) is 2.90. The van der Waals surface area contributed by atoms with E-state index in [1.54, 1.807) is 0 Å². The molecule has 0 aromatic carbocycles. The molecule has 2 rings (SSSR count). The summed E-state index contributed by atoms with van der Waals surface area (Å²) in [5.41, 5.74) is 0. The van der Waals surface area contributed by atoms with E-state index in [9.17, 15) is 0 Å². The second kappa shape index (κ2) is 7.23. The van der Waals surface area contributed by atoms with E-state index in [2.05, 4.69) is 40.5 Å². The quantitative estimate of drug-likeness (QED) is 0.756. The average molecular weight is 297 g/mol. The Kier molecular flexibility index (Phi) is 5.61. The predicted molar refractivity (Wildman–Crippen MR) is 84.6 cm³/mol. The Morgan fingerprint density at radius 1 is 1.30 bits per heavy atom. The fourth-order valence-corrected chi connectivity index (χ4v) is 3.13. The highest BCUT2D eigenvalue weighted by atomic mass is 35.5. The van der Waals surface area contributed by atoms with Crippen LogP contribution in [0.3, 0.4) is 0 Å². The molecule has 5 heteroatoms. The lowest BCUT2D eigenvalue weighted by Gasteiger charge is -2.26. The second-order valence-electron chi connectivity index (χ2n) is 5.32. The highest BCUT2D eigenvalue weighted by molar-refractivity contribution is 6.29. The van der Waals surface area contributed by atoms with Gasteiger partial charge in [-0.05, 0) is 25.9 Å². The van der Waals surface area contributed by atoms with Crippen molar-refractivity contribution in [3.05, 3.63) is 17.0 Å². The van der Waals surface area contributed by atoms with Crippen molar-refractivity contribution in [3.63, 3.8) is 0 Å². The van der Waals surface area contributed by atoms with Crippen LogP contribution in [0, 0.1) is 0 Å². The lowest BCUT2D eigenvalue weighted by molar-refractivity contribution is 0.232. The summed E-state index contributed by atoms with van der Waals surface area (Å²) >= 11 is 6.13. The Morgan fingerprint density at radius 2 is 2.05 bits per heavy atom. The normalized spacial score (nSPS) is 19.1. The standard InChI is InChI=1S/C15H25ClN4/c1-4-7-14-17-13(16)10-15(18-14)20-9-8-12(11-20)19(5-2)6-3/h10,12H,4-9,11H2,1-3H3. The summed E-state index contributed by atoms with van der Waals surface area (Å²) in [5.74, 6) is 1.85. The first kappa shape index (κ1) is 15.5. The van der Waals surface area contributed by atoms with Crippen molar-refractivity contribution in [2.24, 2.45) is 0 Å². The van der Waals surface area contributed by atoms with Crippen molar-refractivity contribution in [1.29, 1.82) is 0 Å². The van der Waals surface area contributed by atoms with Crippen LogP contribution in [0.15, 0.2) is 6.07 Å². The summed E-state index contributed by atoms with van der Waals surface area (Å²) in [5, 5.41) is 0.560. The third-order valence-corrected chi connectivity index (χ3v) is 4.21. The molecule has 1 atom stereocenters. The predicted octanol–water partition coefficient (Wildman–Crippen LogP) is 3.00. The van der Waals surface area contributed by atoms with Crippen LogP contribution < -0.4 is 4.90 Å². The molecule has 0 aliphatic carbocycles. The van der Waals surface area contributed by atoms with Gasteiger partial charge in [-0.3, -0.25) is 4.90 Å². The lowest BCUT2D eigenvalue weighted by Crippen LogP contribution is -2.37. The van der Waals surface area contributed by atoms with E-state index < -0.39 is 0 Å². The molecule has 112 valence electrons. The van der Waals surface area contributed by atoms with Gasteiger partial charge in [0.05, 0.1) is 0 Å². The Morgan fingerprint density at radius 3 is 2.70 bits per heavy atom. The third-order valence-electron chi connectivity index (χ3n) is 4.02. The van der Waals surface area contributed by atoms with Gasteiger partial charge in [-0.15, -0.1) is 0 Å². The maximum atomic E-state index is 6.13. The van der Waals surface area contributed by atoms with E-state index >= 15 is 0 Å². The summed E-state index contributed by atoms with van der Waals surface area (Å²) in [6, 6.07) is 2.53. The second-order valence-corrected chi connectivity index (χ2v) is 5.71. The number of halogens is 1. The molecule has 0 amide bonds. The smallest absolute Gasteiger partial charge is 0.134 e. The molecule has 1 aliphatic heterocycles. The Hall–Kier alpha value is -0.870. The van der Waals surface area contributed by atoms with Gasteiger partial charge in [-0.1, -0.05) is 32.4 Å². The van der Waals surface area contributed by atoms with Crippen LogP contribution in [-0.2, 0) is 6.42 Å². The van der Waals surface area contributed by atoms with E-state index in [0.29, 0.717) is 11.2 Å². The topological polar surface area (TPSA) is 32.3 Å². The van der Waals surface area contributed by atoms with Gasteiger partial charge in [-0.25, -0.2) is 9.97 Å². The minimum absolute atomic E-state index is 0.560. The number of likely N-dealkylation sites (N-methyl/N-ethyl adjacent to an activating group) is 1. The van der Waals surface area contributed by atoms with Gasteiger partial charge >= 0.3 is 0 Å². The molecule has 1 unspecified atom stereocenters. The molecule has 2 heterocycles. The molecule has 0 radical (unpaired) electrons. The SMILES string of the molecule is CCCc1nc(Cl)cc(N2CCC(N(CC)CC)C2)n1. The molecule has 1 aliphatic rings. The van der Waals surface area contributed by atoms with Gasteiger partial charge < -0.3 is 4.90 Å². The summed E-state index contributed by atoms with van der Waals surface area (Å²) in [6.07, 6.45) is 3.13. The zero-order valence-electron chi connectivity index (χ0n) is 12.8. The molecule has 1 aromatic heterocycles. The van der Waals surface area contributed by atoms with E-state index in [1.165, 1.54) is 6.42 Å². The summed E-state index contributed by atoms with van der Waals surface area (Å²) in [7, 11) is 0. The largest absolute Gasteiger partial charge is 0.355 e. The summed E-state index contributed by atoms with van der Waals surface area (Å²) < 4.78 is 0. The minimum Gasteiger partial charge on any atom is -0.355 e. The number of hydrogen-bond acceptors (Lipinski definition) is 4. The van der Waals surface area contributed by atoms with Gasteiger partial charge in [0.2, 0.25) is 0 Å². The van der Waals surface area contributed by atoms with Gasteiger partial charge in [0.15, 0.2) is 0 Å². The fraction of sp³-hybridized carbons (Fsp3) is 0.733. The molecule has 0 saturated carbocycles. The number of nitrogens with zero attached hydrogens (tertiary/aromatic N) is 4. The first-order valence-electron chi connectivity index (χ1n) is 7.70. The van der Waals surface area contributed by atoms with Crippen molar-refractivity contribution < 1.29 is 0 Å². The van der Waals surface area contributed by atoms with Crippen LogP contribution in [0.1, 0.15) is 39.4 Å². The molecular weight excluding hydrogens is 272 g/mol. The van der Waals surface area contributed by atoms with Crippen molar-refractivity contribution in [2.75, 3.05) is 31.1 Å². The monoisotopic (exact) mass is 296 g/mol. The maximum absolute atomic E-state index is 6.13. The van der Waals surface area contributed by atoms with Gasteiger partial charge in [0.25, 0.3) is 0 Å². The highest BCUT2D eigenvalue weighted by Gasteiger charge is 2.27. The van der Waals surface area contributed by atoms with Crippen LogP contribution >= 0.6 is 11.6 Å². The Labute approximate surface area is 127 Å². The fourth-order valence-electron chi connectivity index (χ4n) is 2.94. The first-order chi connectivity index (χ1) is 9.67. The highest BCUT2D eigenvalue weighted by Crippen LogP contribution is 2.23. The first-order valence-corrected chi connectivity index (χ1v) is 8.08. The molecule has 0 N–H and O–H groups in total. The maximum Gasteiger partial charge on any atom is 0.134 e. The van der Waals surface area contributed by atoms with Crippen molar-refractivity contribution in [1.82, 2.24) is 14.9 Å². The van der Waals surface area contributed by atoms with Crippen LogP contribution in [0.4, 0.5) is 5.82 Å². The van der Waals surface area contributed by atoms with E-state index in [1.807, 2.05) is 6.07 Å². The van der Waals surface area contributed by atoms with Crippen LogP contribution in [0.25, 0.3) is 0 Å². The van der Waals surface area contributed by atoms with Crippen LogP contribution in [0.2, 0.25) is 5.15 Å². The zero-order chi connectivity index (χ0) is 14.5.